The molecule has 0 spiro atoms. The fourth-order valence-corrected chi connectivity index (χ4v) is 2.30. The van der Waals surface area contributed by atoms with Gasteiger partial charge in [-0.2, -0.15) is 11.8 Å². The number of thioether (sulfide) groups is 1. The third-order valence-corrected chi connectivity index (χ3v) is 3.35. The van der Waals surface area contributed by atoms with E-state index in [1.165, 1.54) is 0 Å². The summed E-state index contributed by atoms with van der Waals surface area (Å²) in [5, 5.41) is 2.98. The molecule has 1 aromatic rings. The Bertz CT molecular complexity index is 368. The molecule has 0 aliphatic carbocycles. The second-order valence-corrected chi connectivity index (χ2v) is 4.98. The van der Waals surface area contributed by atoms with Crippen LogP contribution in [-0.2, 0) is 17.8 Å². The topological polar surface area (TPSA) is 55.1 Å². The zero-order chi connectivity index (χ0) is 12.7. The molecule has 0 aliphatic rings. The van der Waals surface area contributed by atoms with Crippen molar-refractivity contribution in [1.82, 2.24) is 5.32 Å². The van der Waals surface area contributed by atoms with Gasteiger partial charge in [0.2, 0.25) is 5.91 Å². The van der Waals surface area contributed by atoms with Crippen LogP contribution in [0, 0.1) is 0 Å². The monoisotopic (exact) mass is 252 g/mol. The number of nitrogens with one attached hydrogen (secondary N) is 1. The Kier molecular flexibility index (Phi) is 6.08. The van der Waals surface area contributed by atoms with Gasteiger partial charge < -0.3 is 11.1 Å². The van der Waals surface area contributed by atoms with Crippen molar-refractivity contribution >= 4 is 17.7 Å². The summed E-state index contributed by atoms with van der Waals surface area (Å²) in [5.74, 6) is 0.997. The van der Waals surface area contributed by atoms with Crippen LogP contribution in [0.3, 0.4) is 0 Å². The van der Waals surface area contributed by atoms with E-state index in [0.717, 1.165) is 16.9 Å². The van der Waals surface area contributed by atoms with Gasteiger partial charge in [0.1, 0.15) is 0 Å². The highest BCUT2D eigenvalue weighted by molar-refractivity contribution is 7.98. The fourth-order valence-electron chi connectivity index (χ4n) is 1.72. The van der Waals surface area contributed by atoms with Crippen molar-refractivity contribution < 1.29 is 4.79 Å². The molecule has 3 N–H and O–H groups in total. The molecule has 1 unspecified atom stereocenters. The number of benzene rings is 1. The number of carbonyl (C=O) groups excluding carboxylic acids is 1. The molecular weight excluding hydrogens is 232 g/mol. The summed E-state index contributed by atoms with van der Waals surface area (Å²) in [6.07, 6.45) is 2.44. The Morgan fingerprint density at radius 3 is 2.65 bits per heavy atom. The predicted molar refractivity (Wildman–Crippen MR) is 74.0 cm³/mol. The Morgan fingerprint density at radius 1 is 1.41 bits per heavy atom. The first kappa shape index (κ1) is 14.1. The van der Waals surface area contributed by atoms with E-state index < -0.39 is 0 Å². The van der Waals surface area contributed by atoms with Crippen LogP contribution in [0.4, 0.5) is 0 Å². The minimum Gasteiger partial charge on any atom is -0.353 e. The van der Waals surface area contributed by atoms with Gasteiger partial charge in [0, 0.05) is 18.3 Å². The molecule has 0 saturated carbocycles. The molecule has 0 heterocycles. The van der Waals surface area contributed by atoms with Crippen molar-refractivity contribution in [3.63, 3.8) is 0 Å². The molecular formula is C13H20N2OS. The van der Waals surface area contributed by atoms with Crippen molar-refractivity contribution in [2.75, 3.05) is 12.0 Å². The first-order valence-electron chi connectivity index (χ1n) is 5.72. The number of rotatable bonds is 6. The molecule has 3 nitrogen and oxygen atoms in total. The van der Waals surface area contributed by atoms with Gasteiger partial charge in [-0.1, -0.05) is 24.3 Å². The van der Waals surface area contributed by atoms with E-state index in [0.29, 0.717) is 13.0 Å². The van der Waals surface area contributed by atoms with Crippen LogP contribution in [0.2, 0.25) is 0 Å². The number of hydrogen-bond donors (Lipinski definition) is 2. The lowest BCUT2D eigenvalue weighted by atomic mass is 10.0. The Balaban J connectivity index is 2.55. The summed E-state index contributed by atoms with van der Waals surface area (Å²) in [6.45, 7) is 2.49. The second-order valence-electron chi connectivity index (χ2n) is 4.07. The van der Waals surface area contributed by atoms with Crippen LogP contribution in [0.1, 0.15) is 18.1 Å². The third-order valence-electron chi connectivity index (χ3n) is 2.51. The standard InChI is InChI=1S/C13H20N2OS/c1-10(9-17-2)15-13(16)7-11-5-3-4-6-12(11)8-14/h3-6,10H,7-9,14H2,1-2H3,(H,15,16). The third kappa shape index (κ3) is 4.79. The van der Waals surface area contributed by atoms with Crippen molar-refractivity contribution in [2.45, 2.75) is 25.9 Å². The van der Waals surface area contributed by atoms with Crippen molar-refractivity contribution in [2.24, 2.45) is 5.73 Å². The summed E-state index contributed by atoms with van der Waals surface area (Å²) in [4.78, 5) is 11.8. The summed E-state index contributed by atoms with van der Waals surface area (Å²) in [6, 6.07) is 8.02. The van der Waals surface area contributed by atoms with Crippen LogP contribution >= 0.6 is 11.8 Å². The summed E-state index contributed by atoms with van der Waals surface area (Å²) in [5.41, 5.74) is 7.70. The SMILES string of the molecule is CSCC(C)NC(=O)Cc1ccccc1CN. The average molecular weight is 252 g/mol. The molecule has 0 bridgehead atoms. The minimum absolute atomic E-state index is 0.0625. The van der Waals surface area contributed by atoms with Gasteiger partial charge in [0.05, 0.1) is 6.42 Å². The van der Waals surface area contributed by atoms with Crippen molar-refractivity contribution in [3.8, 4) is 0 Å². The maximum absolute atomic E-state index is 11.8. The lowest BCUT2D eigenvalue weighted by Gasteiger charge is -2.13. The number of nitrogens with two attached hydrogens (primary N) is 1. The van der Waals surface area contributed by atoms with Gasteiger partial charge in [-0.3, -0.25) is 4.79 Å². The lowest BCUT2D eigenvalue weighted by molar-refractivity contribution is -0.120. The molecule has 1 amide bonds. The van der Waals surface area contributed by atoms with Gasteiger partial charge in [0.15, 0.2) is 0 Å². The second kappa shape index (κ2) is 7.35. The zero-order valence-electron chi connectivity index (χ0n) is 10.4. The van der Waals surface area contributed by atoms with E-state index in [1.807, 2.05) is 37.4 Å². The fraction of sp³-hybridized carbons (Fsp3) is 0.462. The van der Waals surface area contributed by atoms with Gasteiger partial charge >= 0.3 is 0 Å². The van der Waals surface area contributed by atoms with Crippen LogP contribution in [-0.4, -0.2) is 24.0 Å². The number of carbonyl (C=O) groups is 1. The first-order chi connectivity index (χ1) is 8.17. The molecule has 94 valence electrons. The lowest BCUT2D eigenvalue weighted by Crippen LogP contribution is -2.35. The highest BCUT2D eigenvalue weighted by Crippen LogP contribution is 2.08. The van der Waals surface area contributed by atoms with Gasteiger partial charge in [-0.05, 0) is 24.3 Å². The van der Waals surface area contributed by atoms with Crippen LogP contribution < -0.4 is 11.1 Å². The summed E-state index contributed by atoms with van der Waals surface area (Å²) < 4.78 is 0. The molecule has 17 heavy (non-hydrogen) atoms. The maximum Gasteiger partial charge on any atom is 0.224 e. The van der Waals surface area contributed by atoms with Gasteiger partial charge in [0.25, 0.3) is 0 Å². The van der Waals surface area contributed by atoms with Crippen molar-refractivity contribution in [1.29, 1.82) is 0 Å². The first-order valence-corrected chi connectivity index (χ1v) is 7.12. The zero-order valence-corrected chi connectivity index (χ0v) is 11.2. The predicted octanol–water partition coefficient (Wildman–Crippen LogP) is 1.56. The molecule has 1 rings (SSSR count). The van der Waals surface area contributed by atoms with Crippen LogP contribution in [0.5, 0.6) is 0 Å². The van der Waals surface area contributed by atoms with Gasteiger partial charge in [-0.15, -0.1) is 0 Å². The molecule has 1 aromatic carbocycles. The molecule has 0 aliphatic heterocycles. The summed E-state index contributed by atoms with van der Waals surface area (Å²) >= 11 is 1.73. The summed E-state index contributed by atoms with van der Waals surface area (Å²) in [7, 11) is 0. The van der Waals surface area contributed by atoms with Crippen LogP contribution in [0.25, 0.3) is 0 Å². The van der Waals surface area contributed by atoms with E-state index in [9.17, 15) is 4.79 Å². The van der Waals surface area contributed by atoms with E-state index in [-0.39, 0.29) is 11.9 Å². The van der Waals surface area contributed by atoms with E-state index in [1.54, 1.807) is 11.8 Å². The average Bonchev–Trinajstić information content (AvgIpc) is 2.29. The van der Waals surface area contributed by atoms with Crippen LogP contribution in [0.15, 0.2) is 24.3 Å². The smallest absolute Gasteiger partial charge is 0.224 e. The molecule has 1 atom stereocenters. The largest absolute Gasteiger partial charge is 0.353 e. The minimum atomic E-state index is 0.0625. The molecule has 4 heteroatoms. The molecule has 0 radical (unpaired) electrons. The van der Waals surface area contributed by atoms with E-state index in [4.69, 9.17) is 5.73 Å². The molecule has 0 fully saturated rings. The quantitative estimate of drug-likeness (QED) is 0.808. The number of hydrogen-bond acceptors (Lipinski definition) is 3. The number of amides is 1. The normalized spacial score (nSPS) is 12.2. The Labute approximate surface area is 107 Å². The van der Waals surface area contributed by atoms with Crippen molar-refractivity contribution in [3.05, 3.63) is 35.4 Å². The highest BCUT2D eigenvalue weighted by Gasteiger charge is 2.09. The van der Waals surface area contributed by atoms with Gasteiger partial charge in [-0.25, -0.2) is 0 Å². The molecule has 0 saturated heterocycles. The van der Waals surface area contributed by atoms with E-state index >= 15 is 0 Å². The highest BCUT2D eigenvalue weighted by atomic mass is 32.2. The Morgan fingerprint density at radius 2 is 2.06 bits per heavy atom. The van der Waals surface area contributed by atoms with E-state index in [2.05, 4.69) is 5.32 Å². The maximum atomic E-state index is 11.8. The molecule has 0 aromatic heterocycles. The Hall–Kier alpha value is -1.00.